The van der Waals surface area contributed by atoms with Gasteiger partial charge in [-0.2, -0.15) is 0 Å². The molecular formula is C6H10N2. The lowest BCUT2D eigenvalue weighted by Gasteiger charge is -2.02. The van der Waals surface area contributed by atoms with Crippen molar-refractivity contribution in [3.8, 4) is 0 Å². The molecular weight excluding hydrogens is 100 g/mol. The van der Waals surface area contributed by atoms with E-state index in [1.54, 1.807) is 23.5 Å². The van der Waals surface area contributed by atoms with Crippen LogP contribution in [0, 0.1) is 0 Å². The fraction of sp³-hybridized carbons (Fsp3) is 0.167. The summed E-state index contributed by atoms with van der Waals surface area (Å²) in [6, 6.07) is 0. The van der Waals surface area contributed by atoms with E-state index in [1.807, 2.05) is 7.05 Å². The average molecular weight is 110 g/mol. The number of rotatable bonds is 3. The van der Waals surface area contributed by atoms with Gasteiger partial charge in [0.05, 0.1) is 0 Å². The highest BCUT2D eigenvalue weighted by Crippen LogP contribution is 1.81. The first-order valence-electron chi connectivity index (χ1n) is 2.28. The zero-order chi connectivity index (χ0) is 6.41. The minimum absolute atomic E-state index is 1.60. The summed E-state index contributed by atoms with van der Waals surface area (Å²) in [6.07, 6.45) is 5.04. The summed E-state index contributed by atoms with van der Waals surface area (Å²) in [6.45, 7) is 6.80. The number of hydrogen-bond acceptors (Lipinski definition) is 2. The third-order valence-corrected chi connectivity index (χ3v) is 0.695. The van der Waals surface area contributed by atoms with Gasteiger partial charge in [0, 0.05) is 19.4 Å². The molecule has 2 nitrogen and oxygen atoms in total. The van der Waals surface area contributed by atoms with Gasteiger partial charge < -0.3 is 4.90 Å². The molecule has 0 aromatic rings. The van der Waals surface area contributed by atoms with Crippen molar-refractivity contribution in [2.45, 2.75) is 0 Å². The monoisotopic (exact) mass is 110 g/mol. The predicted octanol–water partition coefficient (Wildman–Crippen LogP) is 1.23. The molecule has 0 atom stereocenters. The van der Waals surface area contributed by atoms with Crippen LogP contribution in [0.15, 0.2) is 30.2 Å². The van der Waals surface area contributed by atoms with Crippen molar-refractivity contribution in [1.82, 2.24) is 4.90 Å². The van der Waals surface area contributed by atoms with E-state index in [0.29, 0.717) is 0 Å². The van der Waals surface area contributed by atoms with Gasteiger partial charge in [0.1, 0.15) is 0 Å². The van der Waals surface area contributed by atoms with Crippen molar-refractivity contribution >= 4 is 6.72 Å². The van der Waals surface area contributed by atoms with E-state index < -0.39 is 0 Å². The van der Waals surface area contributed by atoms with E-state index >= 15 is 0 Å². The maximum Gasteiger partial charge on any atom is 0.0422 e. The SMILES string of the molecule is C=CN(C)/C=C\N=C. The van der Waals surface area contributed by atoms with E-state index in [4.69, 9.17) is 0 Å². The van der Waals surface area contributed by atoms with Gasteiger partial charge in [0.2, 0.25) is 0 Å². The van der Waals surface area contributed by atoms with E-state index in [-0.39, 0.29) is 0 Å². The van der Waals surface area contributed by atoms with Gasteiger partial charge in [-0.3, -0.25) is 4.99 Å². The maximum atomic E-state index is 3.53. The van der Waals surface area contributed by atoms with E-state index in [2.05, 4.69) is 18.3 Å². The summed E-state index contributed by atoms with van der Waals surface area (Å²) >= 11 is 0. The predicted molar refractivity (Wildman–Crippen MR) is 36.6 cm³/mol. The molecule has 0 aromatic heterocycles. The van der Waals surface area contributed by atoms with Crippen LogP contribution in [0.25, 0.3) is 0 Å². The highest BCUT2D eigenvalue weighted by molar-refractivity contribution is 5.25. The van der Waals surface area contributed by atoms with Crippen LogP contribution in [0.4, 0.5) is 0 Å². The van der Waals surface area contributed by atoms with Crippen molar-refractivity contribution in [2.75, 3.05) is 7.05 Å². The Morgan fingerprint density at radius 1 is 1.62 bits per heavy atom. The molecule has 0 radical (unpaired) electrons. The zero-order valence-corrected chi connectivity index (χ0v) is 5.04. The van der Waals surface area contributed by atoms with Gasteiger partial charge in [-0.05, 0) is 12.9 Å². The molecule has 0 amide bonds. The van der Waals surface area contributed by atoms with Crippen LogP contribution >= 0.6 is 0 Å². The van der Waals surface area contributed by atoms with Crippen LogP contribution in [0.5, 0.6) is 0 Å². The molecule has 0 aliphatic rings. The molecule has 2 heteroatoms. The van der Waals surface area contributed by atoms with Crippen molar-refractivity contribution in [3.05, 3.63) is 25.2 Å². The largest absolute Gasteiger partial charge is 0.356 e. The molecule has 0 aliphatic carbocycles. The molecule has 0 spiro atoms. The van der Waals surface area contributed by atoms with Gasteiger partial charge in [-0.25, -0.2) is 0 Å². The summed E-state index contributed by atoms with van der Waals surface area (Å²) < 4.78 is 0. The van der Waals surface area contributed by atoms with Crippen molar-refractivity contribution in [2.24, 2.45) is 4.99 Å². The highest BCUT2D eigenvalue weighted by atomic mass is 15.0. The zero-order valence-electron chi connectivity index (χ0n) is 5.04. The summed E-state index contributed by atoms with van der Waals surface area (Å²) in [5, 5.41) is 0. The molecule has 0 aromatic carbocycles. The molecule has 0 fully saturated rings. The van der Waals surface area contributed by atoms with Crippen LogP contribution in [-0.2, 0) is 0 Å². The lowest BCUT2D eigenvalue weighted by Crippen LogP contribution is -1.97. The molecule has 0 unspecified atom stereocenters. The topological polar surface area (TPSA) is 15.6 Å². The summed E-state index contributed by atoms with van der Waals surface area (Å²) in [5.41, 5.74) is 0. The number of nitrogens with zero attached hydrogens (tertiary/aromatic N) is 2. The van der Waals surface area contributed by atoms with Gasteiger partial charge >= 0.3 is 0 Å². The second-order valence-corrected chi connectivity index (χ2v) is 1.33. The van der Waals surface area contributed by atoms with Crippen LogP contribution in [0.1, 0.15) is 0 Å². The van der Waals surface area contributed by atoms with Crippen molar-refractivity contribution in [3.63, 3.8) is 0 Å². The van der Waals surface area contributed by atoms with Crippen LogP contribution in [0.3, 0.4) is 0 Å². The maximum absolute atomic E-state index is 3.53. The summed E-state index contributed by atoms with van der Waals surface area (Å²) in [4.78, 5) is 5.29. The second kappa shape index (κ2) is 4.12. The first-order chi connectivity index (χ1) is 3.81. The fourth-order valence-corrected chi connectivity index (χ4v) is 0.213. The lowest BCUT2D eigenvalue weighted by molar-refractivity contribution is 0.627. The molecule has 8 heavy (non-hydrogen) atoms. The van der Waals surface area contributed by atoms with Gasteiger partial charge in [-0.15, -0.1) is 0 Å². The van der Waals surface area contributed by atoms with Crippen LogP contribution in [0.2, 0.25) is 0 Å². The Morgan fingerprint density at radius 2 is 2.25 bits per heavy atom. The average Bonchev–Trinajstić information content (AvgIpc) is 1.83. The molecule has 0 saturated carbocycles. The standard InChI is InChI=1S/C6H10N2/c1-4-8(3)6-5-7-2/h4-6H,1-2H2,3H3/b6-5-. The van der Waals surface area contributed by atoms with E-state index in [9.17, 15) is 0 Å². The highest BCUT2D eigenvalue weighted by Gasteiger charge is 1.73. The Balaban J connectivity index is 3.50. The molecule has 0 bridgehead atoms. The third-order valence-electron chi connectivity index (χ3n) is 0.695. The second-order valence-electron chi connectivity index (χ2n) is 1.33. The Kier molecular flexibility index (Phi) is 3.58. The molecule has 0 rings (SSSR count). The first-order valence-corrected chi connectivity index (χ1v) is 2.28. The van der Waals surface area contributed by atoms with Crippen LogP contribution < -0.4 is 0 Å². The molecule has 0 heterocycles. The minimum Gasteiger partial charge on any atom is -0.356 e. The Morgan fingerprint density at radius 3 is 2.62 bits per heavy atom. The first kappa shape index (κ1) is 6.95. The summed E-state index contributed by atoms with van der Waals surface area (Å²) in [7, 11) is 1.87. The quantitative estimate of drug-likeness (QED) is 0.499. The Hall–Kier alpha value is -1.05. The number of hydrogen-bond donors (Lipinski definition) is 0. The third kappa shape index (κ3) is 3.15. The smallest absolute Gasteiger partial charge is 0.0422 e. The minimum atomic E-state index is 1.60. The van der Waals surface area contributed by atoms with Crippen molar-refractivity contribution < 1.29 is 0 Å². The Bertz CT molecular complexity index is 105. The summed E-state index contributed by atoms with van der Waals surface area (Å²) in [5.74, 6) is 0. The van der Waals surface area contributed by atoms with Gasteiger partial charge in [0.25, 0.3) is 0 Å². The van der Waals surface area contributed by atoms with Crippen LogP contribution in [-0.4, -0.2) is 18.7 Å². The van der Waals surface area contributed by atoms with E-state index in [0.717, 1.165) is 0 Å². The molecule has 0 saturated heterocycles. The molecule has 0 N–H and O–H groups in total. The normalized spacial score (nSPS) is 9.12. The molecule has 0 aliphatic heterocycles. The van der Waals surface area contributed by atoms with Crippen molar-refractivity contribution in [1.29, 1.82) is 0 Å². The fourth-order valence-electron chi connectivity index (χ4n) is 0.213. The molecule has 44 valence electrons. The van der Waals surface area contributed by atoms with Gasteiger partial charge in [0.15, 0.2) is 0 Å². The van der Waals surface area contributed by atoms with Gasteiger partial charge in [-0.1, -0.05) is 6.58 Å². The number of aliphatic imine (C=N–C) groups is 1. The van der Waals surface area contributed by atoms with E-state index in [1.165, 1.54) is 0 Å². The lowest BCUT2D eigenvalue weighted by atomic mass is 10.7. The Labute approximate surface area is 49.8 Å².